The average Bonchev–Trinajstić information content (AvgIpc) is 0.767. The number of aromatic hydroxyl groups is 3. The van der Waals surface area contributed by atoms with E-state index in [0.29, 0.717) is 50.2 Å². The van der Waals surface area contributed by atoms with Crippen LogP contribution in [0.4, 0.5) is 10.5 Å². The molecule has 4 saturated carbocycles. The maximum Gasteiger partial charge on any atom is 0.325 e. The van der Waals surface area contributed by atoms with Gasteiger partial charge in [-0.05, 0) is 202 Å². The molecule has 18 atom stereocenters. The van der Waals surface area contributed by atoms with Crippen LogP contribution >= 0.6 is 23.2 Å². The molecule has 132 heavy (non-hydrogen) atoms. The van der Waals surface area contributed by atoms with Gasteiger partial charge in [0.15, 0.2) is 52.7 Å². The van der Waals surface area contributed by atoms with E-state index in [1.165, 1.54) is 68.4 Å². The number of nitrogens with one attached hydrogen (secondary N) is 8. The van der Waals surface area contributed by atoms with Crippen molar-refractivity contribution in [3.63, 3.8) is 0 Å². The van der Waals surface area contributed by atoms with Crippen LogP contribution in [0.1, 0.15) is 184 Å². The molecule has 4 aliphatic carbocycles. The van der Waals surface area contributed by atoms with E-state index in [2.05, 4.69) is 42.5 Å². The minimum absolute atomic E-state index is 0.0671. The third-order valence-corrected chi connectivity index (χ3v) is 27.1. The number of urea groups is 1. The summed E-state index contributed by atoms with van der Waals surface area (Å²) < 4.78 is 51.5. The van der Waals surface area contributed by atoms with Gasteiger partial charge >= 0.3 is 6.03 Å². The second-order valence-corrected chi connectivity index (χ2v) is 37.4. The number of halogens is 2. The van der Waals surface area contributed by atoms with Crippen LogP contribution in [0.15, 0.2) is 97.1 Å². The number of amides is 7. The highest BCUT2D eigenvalue weighted by Crippen LogP contribution is 2.59. The first kappa shape index (κ1) is 97.7. The van der Waals surface area contributed by atoms with Gasteiger partial charge in [-0.25, -0.2) is 4.79 Å². The fourth-order valence-corrected chi connectivity index (χ4v) is 20.4. The van der Waals surface area contributed by atoms with Crippen molar-refractivity contribution < 1.29 is 127 Å². The quantitative estimate of drug-likeness (QED) is 0.0227. The average molecular weight is 1870 g/mol. The number of phenols is 3. The van der Waals surface area contributed by atoms with Crippen LogP contribution in [0.2, 0.25) is 10.0 Å². The summed E-state index contributed by atoms with van der Waals surface area (Å²) in [4.78, 5) is 141. The second kappa shape index (κ2) is 42.1. The van der Waals surface area contributed by atoms with E-state index in [4.69, 9.17) is 66.8 Å². The van der Waals surface area contributed by atoms with Crippen LogP contribution in [0.3, 0.4) is 0 Å². The number of ketones is 3. The first-order valence-electron chi connectivity index (χ1n) is 45.1. The zero-order valence-electron chi connectivity index (χ0n) is 74.3. The molecule has 17 rings (SSSR count). The van der Waals surface area contributed by atoms with Crippen LogP contribution < -0.4 is 72.0 Å². The summed E-state index contributed by atoms with van der Waals surface area (Å²) in [5, 5.41) is 129. The van der Waals surface area contributed by atoms with Gasteiger partial charge in [0.2, 0.25) is 41.6 Å². The Morgan fingerprint density at radius 1 is 0.659 bits per heavy atom. The molecular weight excluding hydrogens is 1750 g/mol. The summed E-state index contributed by atoms with van der Waals surface area (Å²) in [5.41, 5.74) is 3.58. The van der Waals surface area contributed by atoms with Crippen LogP contribution in [-0.2, 0) is 52.6 Å². The number of carbonyl (C=O) groups is 9. The normalized spacial score (nSPS) is 29.5. The molecular formula is C95H117Cl2N9O26. The van der Waals surface area contributed by atoms with Crippen LogP contribution in [0.5, 0.6) is 57.5 Å². The molecule has 0 unspecified atom stereocenters. The van der Waals surface area contributed by atoms with Crippen molar-refractivity contribution in [2.75, 3.05) is 51.3 Å². The summed E-state index contributed by atoms with van der Waals surface area (Å²) in [5.74, 6) is -16.0. The molecule has 15 bridgehead atoms. The van der Waals surface area contributed by atoms with E-state index >= 15 is 28.8 Å². The topological polar surface area (TPSA) is 532 Å². The number of Topliss-reactive ketones (excluding diaryl/α,β-unsaturated/α-hetero) is 3. The second-order valence-electron chi connectivity index (χ2n) is 36.6. The third-order valence-electron chi connectivity index (χ3n) is 26.6. The molecule has 0 aromatic heterocycles. The Hall–Kier alpha value is -10.4. The lowest BCUT2D eigenvalue weighted by Gasteiger charge is -2.54. The van der Waals surface area contributed by atoms with Gasteiger partial charge in [0, 0.05) is 85.6 Å². The summed E-state index contributed by atoms with van der Waals surface area (Å²) in [6.07, 6.45) is -15.9. The maximum atomic E-state index is 16.9. The number of aliphatic hydroxyl groups excluding tert-OH is 6. The first-order chi connectivity index (χ1) is 63.0. The third kappa shape index (κ3) is 22.0. The van der Waals surface area contributed by atoms with Gasteiger partial charge in [0.25, 0.3) is 0 Å². The predicted molar refractivity (Wildman–Crippen MR) is 478 cm³/mol. The monoisotopic (exact) mass is 1870 g/mol. The first-order valence-corrected chi connectivity index (χ1v) is 45.9. The lowest BCUT2D eigenvalue weighted by Crippen LogP contribution is -2.64. The summed E-state index contributed by atoms with van der Waals surface area (Å²) >= 11 is 14.6. The van der Waals surface area contributed by atoms with Gasteiger partial charge in [-0.15, -0.1) is 0 Å². The minimum Gasteiger partial charge on any atom is -0.508 e. The van der Waals surface area contributed by atoms with Crippen molar-refractivity contribution in [2.45, 2.75) is 223 Å². The Bertz CT molecular complexity index is 5270. The molecule has 0 spiro atoms. The highest BCUT2D eigenvalue weighted by Gasteiger charge is 2.53. The number of imide groups is 1. The Kier molecular flexibility index (Phi) is 31.1. The number of carbonyl (C=O) groups excluding carboxylic acids is 9. The molecule has 11 aliphatic rings. The van der Waals surface area contributed by atoms with Crippen LogP contribution in [0, 0.1) is 47.3 Å². The van der Waals surface area contributed by atoms with E-state index in [1.54, 1.807) is 13.0 Å². The smallest absolute Gasteiger partial charge is 0.325 e. The van der Waals surface area contributed by atoms with E-state index in [-0.39, 0.29) is 123 Å². The number of rotatable bonds is 26. The molecule has 7 aliphatic heterocycles. The van der Waals surface area contributed by atoms with Crippen molar-refractivity contribution in [3.8, 4) is 68.6 Å². The molecule has 19 N–H and O–H groups in total. The Morgan fingerprint density at radius 3 is 1.91 bits per heavy atom. The van der Waals surface area contributed by atoms with E-state index in [0.717, 1.165) is 68.5 Å². The minimum atomic E-state index is -2.28. The molecule has 6 aromatic rings. The fraction of sp³-hybridized carbons (Fsp3) is 0.526. The Morgan fingerprint density at radius 2 is 1.30 bits per heavy atom. The molecule has 35 nitrogen and oxygen atoms in total. The number of nitrogens with two attached hydrogens (primary N) is 1. The fourth-order valence-electron chi connectivity index (χ4n) is 20.0. The standard InChI is InChI=1S/C95H117Cl2N9O26/c1-8-47(23-43(4)5)89(120)105-80-65(111)32-54(35-75(114)102-94(124)101-55-14-18-70(125-21-19-99-9-2)71(36-55)126-22-20-100-10-3)90(121)103-78-53-33-72(128-68-16-12-49(82(80)115)30-61(68)96)86(132-93-87(85(118)84(117)74(42-107)130-93)131-76-41-95(7,98)88(119)44(6)127-76)73(34-53)129-69-17-13-50(31-62(69)97)83(116)81-92(123)104-79(67(113)39-57-51-25-45-24-46(27-51)28-52(57)26-45)60-37-56(108)38-64(110)77(60)59-29-48(11-15-63(59)109)58(40-66(78)112)91(122)106-81/h11-18,29-31,33-34,36-38,43-47,51-52,54,57-58,74,76,78-85,87-88,93,99-100,107-110,115-119H,8-10,19-28,32,35,39-42,98H2,1-7H3,(H,103,121)(H,104,123)(H,105,120)(H,106,122)(H2,101,102,114,124)/t44-,45?,46?,47+,51?,52?,54-,57?,58+,74+,76-,78+,79-,80-,81-,82+,83+,84+,85-,87+,88+,93-,95-/m0/s1. The number of hydrogen-bond donors (Lipinski definition) is 18. The van der Waals surface area contributed by atoms with Crippen molar-refractivity contribution in [1.29, 1.82) is 0 Å². The molecule has 7 heterocycles. The summed E-state index contributed by atoms with van der Waals surface area (Å²) in [6, 6.07) is 10.3. The number of likely N-dealkylation sites (N-methyl/N-ethyl adjacent to an activating group) is 2. The number of aliphatic hydroxyl groups is 6. The van der Waals surface area contributed by atoms with Crippen molar-refractivity contribution in [1.82, 2.24) is 37.2 Å². The Balaban J connectivity index is 0.945. The summed E-state index contributed by atoms with van der Waals surface area (Å²) in [7, 11) is 0. The predicted octanol–water partition coefficient (Wildman–Crippen LogP) is 8.31. The van der Waals surface area contributed by atoms with Gasteiger partial charge in [-0.1, -0.05) is 76.0 Å². The number of anilines is 1. The van der Waals surface area contributed by atoms with Crippen LogP contribution in [0.25, 0.3) is 11.1 Å². The van der Waals surface area contributed by atoms with Gasteiger partial charge in [0.05, 0.1) is 40.7 Å². The molecule has 6 aromatic carbocycles. The molecule has 7 amide bonds. The number of phenolic OH excluding ortho intramolecular Hbond substituents is 3. The number of fused-ring (bicyclic) bond motifs is 15. The molecule has 0 radical (unpaired) electrons. The summed E-state index contributed by atoms with van der Waals surface area (Å²) in [6.45, 7) is 14.1. The van der Waals surface area contributed by atoms with E-state index in [1.807, 2.05) is 27.7 Å². The van der Waals surface area contributed by atoms with Crippen molar-refractivity contribution in [3.05, 3.63) is 135 Å². The van der Waals surface area contributed by atoms with E-state index in [9.17, 15) is 60.3 Å². The SMILES string of the molecule is CCNCCOc1ccc(NC(=O)NC(=O)C[C@@H]2CC(=O)[C@H](NC(=O)[C@H](CC)CC(C)C)[C@H](O)c3ccc(c(Cl)c3)Oc3cc4cc(c3O[C@@H]3O[C@H](CO)[C@@H](O)[C@H](O)[C@H]3O[C@H]3C[C@](C)(N)[C@H](O)[C@H](C)O3)Oc3ccc(cc3Cl)[C@@H](O)[C@@H]3NC(=O)[C@H](CC(=O)[C@@H]4NC2=O)c2ccc(O)c(c2)-c2c(O)cc(O)cc2[C@@H](C(=O)CC2C4CC5CC(C4)CC2C5)NC3=O)cc1OCCNCC. The highest BCUT2D eigenvalue weighted by molar-refractivity contribution is 6.32. The number of hydrogen-bond acceptors (Lipinski definition) is 29. The molecule has 2 saturated heterocycles. The van der Waals surface area contributed by atoms with Gasteiger partial charge in [0.1, 0.15) is 96.6 Å². The largest absolute Gasteiger partial charge is 0.508 e. The highest BCUT2D eigenvalue weighted by atomic mass is 35.5. The van der Waals surface area contributed by atoms with Gasteiger partial charge in [-0.2, -0.15) is 0 Å². The maximum absolute atomic E-state index is 16.9. The number of benzene rings is 6. The Labute approximate surface area is 772 Å². The van der Waals surface area contributed by atoms with Gasteiger partial charge < -0.3 is 127 Å². The van der Waals surface area contributed by atoms with Crippen LogP contribution in [-0.4, -0.2) is 212 Å². The molecule has 37 heteroatoms. The number of ether oxygens (including phenoxy) is 8. The van der Waals surface area contributed by atoms with Crippen molar-refractivity contribution >= 4 is 81.8 Å². The van der Waals surface area contributed by atoms with Crippen molar-refractivity contribution in [2.24, 2.45) is 53.1 Å². The molecule has 6 fully saturated rings. The lowest BCUT2D eigenvalue weighted by molar-refractivity contribution is -0.333. The van der Waals surface area contributed by atoms with Gasteiger partial charge in [-0.3, -0.25) is 43.7 Å². The van der Waals surface area contributed by atoms with E-state index < -0.39 is 228 Å². The zero-order chi connectivity index (χ0) is 94.6. The lowest BCUT2D eigenvalue weighted by atomic mass is 9.51. The zero-order valence-corrected chi connectivity index (χ0v) is 75.8. The molecule has 712 valence electrons.